The largest absolute Gasteiger partial charge is 0.497 e. The number of hydrogen-bond acceptors (Lipinski definition) is 29. The Morgan fingerprint density at radius 1 is 0.525 bits per heavy atom. The molecule has 0 saturated carbocycles. The number of ketones is 2. The first kappa shape index (κ1) is 74.4. The van der Waals surface area contributed by atoms with Gasteiger partial charge in [-0.15, -0.1) is 0 Å². The summed E-state index contributed by atoms with van der Waals surface area (Å²) in [5, 5.41) is 13.9. The number of carbonyl (C=O) groups is 13. The molecule has 534 valence electrons. The fourth-order valence-electron chi connectivity index (χ4n) is 12.4. The van der Waals surface area contributed by atoms with Gasteiger partial charge in [0, 0.05) is 96.2 Å². The maximum absolute atomic E-state index is 15.6. The molecule has 2 saturated heterocycles. The highest BCUT2D eigenvalue weighted by molar-refractivity contribution is 6.31. The standard InChI is InChI=1S/C71H71NO29/c1-29-24-46-52(63(95-37(9)79)50(29)68(85)72-55(30(2)73)69(86)99-59(41-20-16-14-17-21-41)42-22-18-15-19-23-42)53-47(27-45-54(64(53)96-38(10)80)57(84)44-25-43(87-13)26-48(90-32(4)74)51(44)56(45)83)60(93-35(7)77)61(46)100-71-67(98-40(12)82)65(58(31(3)89-71)92-34(6)76)101-70-66(97-39(11)81)62(94-36(8)78)49(28-88-70)91-33(5)75/h14-27,30-31,49,55,58-62,65-67,70-71,73H,28H2,1-13H3,(H,72,85)/t30-,31+,49+,55-,58-,60-,61-,62-,65-,66+,67+,70-,71-/m0/s1. The second-order valence-electron chi connectivity index (χ2n) is 23.8. The zero-order valence-electron chi connectivity index (χ0n) is 56.8. The molecule has 30 nitrogen and oxygen atoms in total. The highest BCUT2D eigenvalue weighted by Crippen LogP contribution is 2.59. The third kappa shape index (κ3) is 16.3. The van der Waals surface area contributed by atoms with Crippen LogP contribution in [0.25, 0.3) is 11.1 Å². The van der Waals surface area contributed by atoms with Gasteiger partial charge in [-0.2, -0.15) is 0 Å². The first-order chi connectivity index (χ1) is 47.8. The van der Waals surface area contributed by atoms with Crippen molar-refractivity contribution in [3.63, 3.8) is 0 Å². The molecule has 0 aromatic heterocycles. The summed E-state index contributed by atoms with van der Waals surface area (Å²) in [5.74, 6) is -15.9. The molecule has 101 heavy (non-hydrogen) atoms. The lowest BCUT2D eigenvalue weighted by atomic mass is 9.73. The Morgan fingerprint density at radius 2 is 1.02 bits per heavy atom. The van der Waals surface area contributed by atoms with Gasteiger partial charge in [0.25, 0.3) is 5.91 Å². The Bertz CT molecular complexity index is 4120. The van der Waals surface area contributed by atoms with Crippen molar-refractivity contribution in [2.24, 2.45) is 0 Å². The Morgan fingerprint density at radius 3 is 1.55 bits per heavy atom. The van der Waals surface area contributed by atoms with Crippen molar-refractivity contribution in [2.75, 3.05) is 13.7 Å². The third-order valence-corrected chi connectivity index (χ3v) is 16.1. The van der Waals surface area contributed by atoms with Gasteiger partial charge in [-0.1, -0.05) is 66.7 Å². The number of nitrogens with one attached hydrogen (secondary N) is 1. The molecule has 5 aromatic carbocycles. The number of carbonyl (C=O) groups excluding carboxylic acids is 13. The monoisotopic (exact) mass is 1400 g/mol. The Labute approximate surface area is 576 Å². The Kier molecular flexibility index (Phi) is 23.0. The molecule has 0 radical (unpaired) electrons. The fourth-order valence-corrected chi connectivity index (χ4v) is 12.4. The van der Waals surface area contributed by atoms with E-state index in [1.807, 2.05) is 0 Å². The van der Waals surface area contributed by atoms with Crippen molar-refractivity contribution in [1.29, 1.82) is 0 Å². The van der Waals surface area contributed by atoms with Crippen molar-refractivity contribution in [2.45, 2.75) is 169 Å². The topological polar surface area (TPSA) is 393 Å². The minimum atomic E-state index is -2.10. The van der Waals surface area contributed by atoms with E-state index in [2.05, 4.69) is 5.32 Å². The van der Waals surface area contributed by atoms with E-state index in [0.717, 1.165) is 80.5 Å². The number of hydrogen-bond donors (Lipinski definition) is 2. The van der Waals surface area contributed by atoms with Gasteiger partial charge >= 0.3 is 59.7 Å². The summed E-state index contributed by atoms with van der Waals surface area (Å²) < 4.78 is 89.7. The minimum absolute atomic E-state index is 0.0946. The molecule has 4 aliphatic rings. The second kappa shape index (κ2) is 31.2. The first-order valence-electron chi connectivity index (χ1n) is 31.4. The fraction of sp³-hybridized carbons (Fsp3) is 0.394. The molecule has 0 unspecified atom stereocenters. The Balaban J connectivity index is 1.30. The molecule has 0 spiro atoms. The van der Waals surface area contributed by atoms with E-state index in [4.69, 9.17) is 71.1 Å². The molecule has 1 amide bonds. The molecule has 9 rings (SSSR count). The van der Waals surface area contributed by atoms with E-state index in [-0.39, 0.29) is 16.9 Å². The lowest BCUT2D eigenvalue weighted by Crippen LogP contribution is -2.65. The number of benzene rings is 5. The van der Waals surface area contributed by atoms with Gasteiger partial charge in [0.15, 0.2) is 84.4 Å². The van der Waals surface area contributed by atoms with Crippen LogP contribution in [0.3, 0.4) is 0 Å². The SMILES string of the molecule is COc1cc(OC(C)=O)c2c(c1)C(=O)c1c(cc3c(c1OC(C)=O)-c1c(cc(C)c(C(=O)N[C@H](C(=O)OC(c4ccccc4)c4ccccc4)[C@H](C)O)c1OC(C)=O)[C@H](O[C@@H]1O[C@H](C)[C@H](OC(C)=O)[C@H](O[C@@H]4OC[C@@H](OC(C)=O)[C@H](OC(C)=O)[C@H]4OC(C)=O)[C@H]1OC(C)=O)[C@H]3OC(C)=O)C2=O. The number of aryl methyl sites for hydroxylation is 1. The molecular formula is C71H71NO29. The van der Waals surface area contributed by atoms with Crippen LogP contribution in [0.5, 0.6) is 23.0 Å². The van der Waals surface area contributed by atoms with E-state index in [9.17, 15) is 53.1 Å². The zero-order chi connectivity index (χ0) is 73.7. The maximum atomic E-state index is 15.6. The molecule has 0 bridgehead atoms. The molecule has 5 aromatic rings. The predicted molar refractivity (Wildman–Crippen MR) is 339 cm³/mol. The van der Waals surface area contributed by atoms with Crippen LogP contribution < -0.4 is 24.3 Å². The van der Waals surface area contributed by atoms with Crippen molar-refractivity contribution in [3.05, 3.63) is 141 Å². The Hall–Kier alpha value is -10.8. The van der Waals surface area contributed by atoms with Crippen LogP contribution in [0.4, 0.5) is 0 Å². The molecule has 13 atom stereocenters. The average molecular weight is 1400 g/mol. The molecule has 2 fully saturated rings. The lowest BCUT2D eigenvalue weighted by molar-refractivity contribution is -0.355. The van der Waals surface area contributed by atoms with E-state index >= 15 is 14.4 Å². The third-order valence-electron chi connectivity index (χ3n) is 16.1. The number of rotatable bonds is 21. The van der Waals surface area contributed by atoms with Crippen LogP contribution in [-0.4, -0.2) is 163 Å². The number of aliphatic hydroxyl groups excluding tert-OH is 1. The van der Waals surface area contributed by atoms with Crippen LogP contribution in [0.2, 0.25) is 0 Å². The maximum Gasteiger partial charge on any atom is 0.332 e. The van der Waals surface area contributed by atoms with Crippen LogP contribution in [0.15, 0.2) is 84.9 Å². The number of methoxy groups -OCH3 is 1. The normalized spacial score (nSPS) is 22.3. The number of fused-ring (bicyclic) bond motifs is 5. The molecule has 2 aliphatic heterocycles. The summed E-state index contributed by atoms with van der Waals surface area (Å²) in [4.78, 5) is 180. The lowest BCUT2D eigenvalue weighted by Gasteiger charge is -2.48. The molecule has 2 N–H and O–H groups in total. The number of esters is 10. The van der Waals surface area contributed by atoms with E-state index in [0.29, 0.717) is 11.1 Å². The van der Waals surface area contributed by atoms with Gasteiger partial charge in [0.2, 0.25) is 0 Å². The molecular weight excluding hydrogens is 1330 g/mol. The average Bonchev–Trinajstić information content (AvgIpc) is 0.698. The highest BCUT2D eigenvalue weighted by Gasteiger charge is 2.57. The van der Waals surface area contributed by atoms with E-state index < -0.39 is 231 Å². The van der Waals surface area contributed by atoms with Gasteiger partial charge in [0.05, 0.1) is 42.6 Å². The van der Waals surface area contributed by atoms with E-state index in [1.54, 1.807) is 60.7 Å². The predicted octanol–water partition coefficient (Wildman–Crippen LogP) is 5.85. The number of ether oxygens (including phenoxy) is 15. The molecule has 2 heterocycles. The van der Waals surface area contributed by atoms with Crippen molar-refractivity contribution in [3.8, 4) is 34.1 Å². The summed E-state index contributed by atoms with van der Waals surface area (Å²) in [6.45, 7) is 12.1. The van der Waals surface area contributed by atoms with Crippen molar-refractivity contribution >= 4 is 77.2 Å². The summed E-state index contributed by atoms with van der Waals surface area (Å²) in [6, 6.07) is 19.7. The van der Waals surface area contributed by atoms with E-state index in [1.165, 1.54) is 33.9 Å². The van der Waals surface area contributed by atoms with Crippen LogP contribution >= 0.6 is 0 Å². The van der Waals surface area contributed by atoms with Crippen LogP contribution in [0, 0.1) is 6.92 Å². The van der Waals surface area contributed by atoms with Crippen LogP contribution in [-0.2, 0) is 100 Å². The first-order valence-corrected chi connectivity index (χ1v) is 31.4. The van der Waals surface area contributed by atoms with Gasteiger partial charge in [0.1, 0.15) is 23.7 Å². The summed E-state index contributed by atoms with van der Waals surface area (Å²) >= 11 is 0. The quantitative estimate of drug-likeness (QED) is 0.0484. The van der Waals surface area contributed by atoms with Gasteiger partial charge in [-0.3, -0.25) is 57.5 Å². The minimum Gasteiger partial charge on any atom is -0.497 e. The smallest absolute Gasteiger partial charge is 0.332 e. The number of aliphatic hydroxyl groups is 1. The van der Waals surface area contributed by atoms with Crippen molar-refractivity contribution in [1.82, 2.24) is 5.32 Å². The number of amides is 1. The van der Waals surface area contributed by atoms with Gasteiger partial charge in [-0.25, -0.2) is 4.79 Å². The van der Waals surface area contributed by atoms with Gasteiger partial charge < -0.3 is 81.5 Å². The molecule has 2 aliphatic carbocycles. The molecule has 30 heteroatoms. The highest BCUT2D eigenvalue weighted by atomic mass is 16.8. The summed E-state index contributed by atoms with van der Waals surface area (Å²) in [6.07, 6.45) is -22.8. The summed E-state index contributed by atoms with van der Waals surface area (Å²) in [7, 11) is 1.22. The zero-order valence-corrected chi connectivity index (χ0v) is 56.8. The summed E-state index contributed by atoms with van der Waals surface area (Å²) in [5.41, 5.74) is -3.71. The van der Waals surface area contributed by atoms with Crippen LogP contribution in [0.1, 0.15) is 164 Å². The van der Waals surface area contributed by atoms with Crippen molar-refractivity contribution < 1.29 is 138 Å². The second-order valence-corrected chi connectivity index (χ2v) is 23.8. The van der Waals surface area contributed by atoms with Gasteiger partial charge in [-0.05, 0) is 55.2 Å².